The van der Waals surface area contributed by atoms with Crippen LogP contribution in [0.4, 0.5) is 0 Å². The average molecular weight is 337 g/mol. The summed E-state index contributed by atoms with van der Waals surface area (Å²) in [6.45, 7) is 3.79. The van der Waals surface area contributed by atoms with Crippen molar-refractivity contribution in [3.63, 3.8) is 0 Å². The first-order valence-corrected chi connectivity index (χ1v) is 7.55. The van der Waals surface area contributed by atoms with Crippen LogP contribution in [0.5, 0.6) is 0 Å². The van der Waals surface area contributed by atoms with Crippen molar-refractivity contribution in [3.05, 3.63) is 0 Å². The number of ether oxygens (including phenoxy) is 1. The maximum atomic E-state index is 12.1. The molecule has 0 heterocycles. The molecule has 1 N–H and O–H groups in total. The van der Waals surface area contributed by atoms with Gasteiger partial charge in [0.25, 0.3) is 0 Å². The highest BCUT2D eigenvalue weighted by atomic mass is 79.9. The van der Waals surface area contributed by atoms with Gasteiger partial charge in [0.05, 0.1) is 11.9 Å². The highest BCUT2D eigenvalue weighted by Gasteiger charge is 2.45. The van der Waals surface area contributed by atoms with E-state index >= 15 is 0 Å². The summed E-state index contributed by atoms with van der Waals surface area (Å²) in [5.41, 5.74) is -1.33. The smallest absolute Gasteiger partial charge is 0.319 e. The first-order valence-electron chi connectivity index (χ1n) is 6.42. The Morgan fingerprint density at radius 2 is 1.84 bits per heavy atom. The SMILES string of the molecule is CCCC[C@](CCC(=O)O)(C(=O)CBr)C(=O)OCC. The molecule has 0 aliphatic carbocycles. The molecule has 1 atom stereocenters. The van der Waals surface area contributed by atoms with E-state index in [1.807, 2.05) is 6.92 Å². The third kappa shape index (κ3) is 5.30. The summed E-state index contributed by atoms with van der Waals surface area (Å²) in [6.07, 6.45) is 1.61. The van der Waals surface area contributed by atoms with Gasteiger partial charge in [-0.05, 0) is 19.8 Å². The zero-order valence-electron chi connectivity index (χ0n) is 11.4. The zero-order valence-corrected chi connectivity index (χ0v) is 13.0. The van der Waals surface area contributed by atoms with E-state index in [0.717, 1.165) is 6.42 Å². The monoisotopic (exact) mass is 336 g/mol. The number of aliphatic carboxylic acids is 1. The summed E-state index contributed by atoms with van der Waals surface area (Å²) < 4.78 is 4.99. The fourth-order valence-corrected chi connectivity index (χ4v) is 2.45. The minimum Gasteiger partial charge on any atom is -0.481 e. The number of carboxylic acid groups (broad SMARTS) is 1. The van der Waals surface area contributed by atoms with E-state index in [0.29, 0.717) is 12.8 Å². The second-order valence-corrected chi connectivity index (χ2v) is 4.92. The van der Waals surface area contributed by atoms with Crippen LogP contribution in [0.2, 0.25) is 0 Å². The number of ketones is 1. The third-order valence-corrected chi connectivity index (χ3v) is 3.55. The highest BCUT2D eigenvalue weighted by Crippen LogP contribution is 2.34. The fraction of sp³-hybridized carbons (Fsp3) is 0.769. The summed E-state index contributed by atoms with van der Waals surface area (Å²) in [4.78, 5) is 35.0. The fourth-order valence-electron chi connectivity index (χ4n) is 1.92. The molecule has 19 heavy (non-hydrogen) atoms. The highest BCUT2D eigenvalue weighted by molar-refractivity contribution is 9.09. The Balaban J connectivity index is 5.23. The third-order valence-electron chi connectivity index (χ3n) is 3.04. The van der Waals surface area contributed by atoms with Crippen LogP contribution in [0, 0.1) is 5.41 Å². The Bertz CT molecular complexity index is 329. The Kier molecular flexibility index (Phi) is 8.63. The van der Waals surface area contributed by atoms with Gasteiger partial charge in [-0.25, -0.2) is 0 Å². The number of rotatable bonds is 10. The topological polar surface area (TPSA) is 80.7 Å². The van der Waals surface area contributed by atoms with Gasteiger partial charge in [-0.1, -0.05) is 35.7 Å². The number of unbranched alkanes of at least 4 members (excludes halogenated alkanes) is 1. The summed E-state index contributed by atoms with van der Waals surface area (Å²) in [5.74, 6) is -1.93. The van der Waals surface area contributed by atoms with Gasteiger partial charge in [0.15, 0.2) is 5.78 Å². The first kappa shape index (κ1) is 18.1. The van der Waals surface area contributed by atoms with E-state index in [1.165, 1.54) is 0 Å². The van der Waals surface area contributed by atoms with Crippen molar-refractivity contribution in [1.82, 2.24) is 0 Å². The van der Waals surface area contributed by atoms with E-state index < -0.39 is 17.4 Å². The molecule has 0 aliphatic heterocycles. The van der Waals surface area contributed by atoms with Gasteiger partial charge in [-0.3, -0.25) is 14.4 Å². The minimum absolute atomic E-state index is 0.00833. The van der Waals surface area contributed by atoms with Crippen LogP contribution in [0.15, 0.2) is 0 Å². The van der Waals surface area contributed by atoms with Gasteiger partial charge in [-0.15, -0.1) is 0 Å². The van der Waals surface area contributed by atoms with Gasteiger partial charge >= 0.3 is 11.9 Å². The molecule has 0 aliphatic rings. The van der Waals surface area contributed by atoms with Gasteiger partial charge in [0, 0.05) is 6.42 Å². The largest absolute Gasteiger partial charge is 0.481 e. The lowest BCUT2D eigenvalue weighted by Gasteiger charge is -2.29. The molecule has 0 saturated heterocycles. The van der Waals surface area contributed by atoms with E-state index in [1.54, 1.807) is 6.92 Å². The number of hydrogen-bond acceptors (Lipinski definition) is 4. The number of alkyl halides is 1. The number of Topliss-reactive ketones (excluding diaryl/α,β-unsaturated/α-hetero) is 1. The van der Waals surface area contributed by atoms with Crippen LogP contribution in [0.25, 0.3) is 0 Å². The molecule has 0 spiro atoms. The number of carboxylic acids is 1. The number of carbonyl (C=O) groups excluding carboxylic acids is 2. The molecular formula is C13H21BrO5. The van der Waals surface area contributed by atoms with E-state index in [9.17, 15) is 14.4 Å². The predicted molar refractivity (Wildman–Crippen MR) is 74.3 cm³/mol. The molecule has 5 nitrogen and oxygen atoms in total. The molecule has 0 rings (SSSR count). The minimum atomic E-state index is -1.33. The molecule has 0 bridgehead atoms. The van der Waals surface area contributed by atoms with Crippen molar-refractivity contribution in [3.8, 4) is 0 Å². The Hall–Kier alpha value is -0.910. The van der Waals surface area contributed by atoms with Gasteiger partial charge in [0.2, 0.25) is 0 Å². The van der Waals surface area contributed by atoms with Crippen molar-refractivity contribution in [2.24, 2.45) is 5.41 Å². The molecule has 0 aromatic carbocycles. The number of esters is 1. The lowest BCUT2D eigenvalue weighted by Crippen LogP contribution is -2.42. The maximum absolute atomic E-state index is 12.1. The average Bonchev–Trinajstić information content (AvgIpc) is 2.38. The predicted octanol–water partition coefficient (Wildman–Crippen LogP) is 2.55. The normalized spacial score (nSPS) is 13.6. The molecule has 110 valence electrons. The molecule has 0 aromatic rings. The molecular weight excluding hydrogens is 316 g/mol. The summed E-state index contributed by atoms with van der Waals surface area (Å²) in [5, 5.41) is 8.82. The molecule has 6 heteroatoms. The summed E-state index contributed by atoms with van der Waals surface area (Å²) in [6, 6.07) is 0. The maximum Gasteiger partial charge on any atom is 0.319 e. The molecule has 0 radical (unpaired) electrons. The van der Waals surface area contributed by atoms with Crippen LogP contribution < -0.4 is 0 Å². The van der Waals surface area contributed by atoms with Crippen LogP contribution in [-0.4, -0.2) is 34.8 Å². The lowest BCUT2D eigenvalue weighted by molar-refractivity contribution is -0.161. The van der Waals surface area contributed by atoms with E-state index in [-0.39, 0.29) is 30.6 Å². The quantitative estimate of drug-likeness (QED) is 0.376. The molecule has 0 unspecified atom stereocenters. The van der Waals surface area contributed by atoms with Gasteiger partial charge in [-0.2, -0.15) is 0 Å². The standard InChI is InChI=1S/C13H21BrO5/c1-3-5-7-13(10(15)9-14,8-6-11(16)17)12(18)19-4-2/h3-9H2,1-2H3,(H,16,17)/t13-/m0/s1. The van der Waals surface area contributed by atoms with Crippen LogP contribution >= 0.6 is 15.9 Å². The molecule has 0 amide bonds. The number of hydrogen-bond donors (Lipinski definition) is 1. The van der Waals surface area contributed by atoms with Crippen molar-refractivity contribution in [2.75, 3.05) is 11.9 Å². The Morgan fingerprint density at radius 3 is 2.26 bits per heavy atom. The van der Waals surface area contributed by atoms with Crippen molar-refractivity contribution in [2.45, 2.75) is 46.0 Å². The van der Waals surface area contributed by atoms with Crippen LogP contribution in [0.1, 0.15) is 46.0 Å². The number of halogens is 1. The van der Waals surface area contributed by atoms with Gasteiger partial charge in [0.1, 0.15) is 5.41 Å². The number of carbonyl (C=O) groups is 3. The lowest BCUT2D eigenvalue weighted by atomic mass is 9.75. The second-order valence-electron chi connectivity index (χ2n) is 4.36. The second kappa shape index (κ2) is 9.07. The summed E-state index contributed by atoms with van der Waals surface area (Å²) >= 11 is 3.06. The Morgan fingerprint density at radius 1 is 1.21 bits per heavy atom. The van der Waals surface area contributed by atoms with Gasteiger partial charge < -0.3 is 9.84 Å². The van der Waals surface area contributed by atoms with Crippen molar-refractivity contribution >= 4 is 33.7 Å². The van der Waals surface area contributed by atoms with Crippen LogP contribution in [0.3, 0.4) is 0 Å². The first-order chi connectivity index (χ1) is 8.94. The Labute approximate surface area is 121 Å². The summed E-state index contributed by atoms with van der Waals surface area (Å²) in [7, 11) is 0. The molecule has 0 aromatic heterocycles. The van der Waals surface area contributed by atoms with Crippen molar-refractivity contribution < 1.29 is 24.2 Å². The van der Waals surface area contributed by atoms with Crippen LogP contribution in [-0.2, 0) is 19.1 Å². The zero-order chi connectivity index (χ0) is 14.9. The van der Waals surface area contributed by atoms with E-state index in [2.05, 4.69) is 15.9 Å². The molecule has 0 saturated carbocycles. The molecule has 0 fully saturated rings. The van der Waals surface area contributed by atoms with Crippen molar-refractivity contribution in [1.29, 1.82) is 0 Å². The van der Waals surface area contributed by atoms with E-state index in [4.69, 9.17) is 9.84 Å².